The molecule has 1 aromatic carbocycles. The highest BCUT2D eigenvalue weighted by molar-refractivity contribution is 7.11. The molecule has 1 aromatic heterocycles. The van der Waals surface area contributed by atoms with Crippen molar-refractivity contribution >= 4 is 22.9 Å². The van der Waals surface area contributed by atoms with Crippen LogP contribution in [0.4, 0.5) is 0 Å². The second kappa shape index (κ2) is 6.02. The third-order valence-corrected chi connectivity index (χ3v) is 5.33. The smallest absolute Gasteiger partial charge is 0.139 e. The van der Waals surface area contributed by atoms with E-state index in [2.05, 4.69) is 10.2 Å². The lowest BCUT2D eigenvalue weighted by molar-refractivity contribution is 0.542. The summed E-state index contributed by atoms with van der Waals surface area (Å²) in [6, 6.07) is 10.1. The molecule has 19 heavy (non-hydrogen) atoms. The summed E-state index contributed by atoms with van der Waals surface area (Å²) in [4.78, 5) is 0. The van der Waals surface area contributed by atoms with E-state index in [0.29, 0.717) is 0 Å². The van der Waals surface area contributed by atoms with Gasteiger partial charge in [-0.3, -0.25) is 0 Å². The normalized spacial score (nSPS) is 17.7. The molecule has 0 saturated heterocycles. The molecule has 1 fully saturated rings. The van der Waals surface area contributed by atoms with Gasteiger partial charge >= 0.3 is 0 Å². The van der Waals surface area contributed by atoms with Crippen LogP contribution < -0.4 is 0 Å². The largest absolute Gasteiger partial charge is 0.143 e. The van der Waals surface area contributed by atoms with E-state index in [9.17, 15) is 0 Å². The first kappa shape index (κ1) is 13.1. The van der Waals surface area contributed by atoms with Gasteiger partial charge in [0.15, 0.2) is 0 Å². The van der Waals surface area contributed by atoms with Crippen LogP contribution >= 0.6 is 22.9 Å². The van der Waals surface area contributed by atoms with Crippen LogP contribution in [-0.4, -0.2) is 10.2 Å². The van der Waals surface area contributed by atoms with Gasteiger partial charge < -0.3 is 0 Å². The van der Waals surface area contributed by atoms with Crippen molar-refractivity contribution in [2.24, 2.45) is 5.92 Å². The maximum Gasteiger partial charge on any atom is 0.139 e. The van der Waals surface area contributed by atoms with Gasteiger partial charge in [0.25, 0.3) is 0 Å². The third-order valence-electron chi connectivity index (χ3n) is 3.73. The summed E-state index contributed by atoms with van der Waals surface area (Å²) in [5, 5.41) is 10.5. The van der Waals surface area contributed by atoms with Crippen LogP contribution in [0, 0.1) is 5.92 Å². The van der Waals surface area contributed by atoms with Gasteiger partial charge in [0.2, 0.25) is 0 Å². The summed E-state index contributed by atoms with van der Waals surface area (Å²) in [6.45, 7) is 0. The van der Waals surface area contributed by atoms with Crippen LogP contribution in [0.25, 0.3) is 0 Å². The molecule has 0 spiro atoms. The van der Waals surface area contributed by atoms with Crippen molar-refractivity contribution in [3.8, 4) is 0 Å². The third kappa shape index (κ3) is 3.15. The van der Waals surface area contributed by atoms with Gasteiger partial charge in [0, 0.05) is 6.42 Å². The van der Waals surface area contributed by atoms with Gasteiger partial charge in [-0.15, -0.1) is 21.8 Å². The number of aromatic nitrogens is 2. The summed E-state index contributed by atoms with van der Waals surface area (Å²) in [5.74, 6) is 0.811. The molecule has 1 heterocycles. The lowest BCUT2D eigenvalue weighted by Gasteiger charge is -2.05. The maximum absolute atomic E-state index is 6.47. The highest BCUT2D eigenvalue weighted by Gasteiger charge is 2.20. The van der Waals surface area contributed by atoms with Crippen molar-refractivity contribution in [2.75, 3.05) is 0 Å². The Balaban J connectivity index is 1.70. The minimum absolute atomic E-state index is 0.170. The first-order valence-electron chi connectivity index (χ1n) is 6.84. The fraction of sp³-hybridized carbons (Fsp3) is 0.467. The minimum atomic E-state index is -0.170. The quantitative estimate of drug-likeness (QED) is 0.770. The molecule has 2 nitrogen and oxygen atoms in total. The topological polar surface area (TPSA) is 25.8 Å². The Morgan fingerprint density at radius 1 is 1.16 bits per heavy atom. The first-order valence-corrected chi connectivity index (χ1v) is 8.09. The molecule has 0 amide bonds. The van der Waals surface area contributed by atoms with Gasteiger partial charge in [0.05, 0.1) is 0 Å². The predicted octanol–water partition coefficient (Wildman–Crippen LogP) is 4.60. The maximum atomic E-state index is 6.47. The molecule has 1 aliphatic carbocycles. The van der Waals surface area contributed by atoms with Gasteiger partial charge in [-0.25, -0.2) is 0 Å². The van der Waals surface area contributed by atoms with Gasteiger partial charge in [0.1, 0.15) is 15.4 Å². The zero-order valence-electron chi connectivity index (χ0n) is 10.8. The van der Waals surface area contributed by atoms with Crippen molar-refractivity contribution < 1.29 is 0 Å². The van der Waals surface area contributed by atoms with Crippen LogP contribution in [-0.2, 0) is 6.42 Å². The molecule has 1 saturated carbocycles. The fourth-order valence-electron chi connectivity index (χ4n) is 2.68. The molecule has 1 aliphatic rings. The summed E-state index contributed by atoms with van der Waals surface area (Å²) in [5.41, 5.74) is 1.09. The SMILES string of the molecule is ClC(c1ccccc1)c1nnc(CC2CCCC2)s1. The standard InChI is InChI=1S/C15H17ClN2S/c16-14(12-8-2-1-3-9-12)15-18-17-13(19-15)10-11-6-4-5-7-11/h1-3,8-9,11,14H,4-7,10H2. The molecule has 3 rings (SSSR count). The first-order chi connectivity index (χ1) is 9.33. The van der Waals surface area contributed by atoms with E-state index in [-0.39, 0.29) is 5.38 Å². The van der Waals surface area contributed by atoms with Crippen molar-refractivity contribution in [2.45, 2.75) is 37.5 Å². The van der Waals surface area contributed by atoms with Crippen molar-refractivity contribution in [1.29, 1.82) is 0 Å². The Hall–Kier alpha value is -0.930. The zero-order chi connectivity index (χ0) is 13.1. The summed E-state index contributed by atoms with van der Waals surface area (Å²) >= 11 is 8.14. The molecule has 1 unspecified atom stereocenters. The molecule has 1 atom stereocenters. The lowest BCUT2D eigenvalue weighted by atomic mass is 10.1. The van der Waals surface area contributed by atoms with Crippen molar-refractivity contribution in [1.82, 2.24) is 10.2 Å². The van der Waals surface area contributed by atoms with E-state index < -0.39 is 0 Å². The van der Waals surface area contributed by atoms with Crippen LogP contribution in [0.3, 0.4) is 0 Å². The predicted molar refractivity (Wildman–Crippen MR) is 79.7 cm³/mol. The minimum Gasteiger partial charge on any atom is -0.143 e. The van der Waals surface area contributed by atoms with Gasteiger partial charge in [-0.05, 0) is 11.5 Å². The average molecular weight is 293 g/mol. The van der Waals surface area contributed by atoms with Crippen LogP contribution in [0.15, 0.2) is 30.3 Å². The van der Waals surface area contributed by atoms with Crippen LogP contribution in [0.1, 0.15) is 46.6 Å². The summed E-state index contributed by atoms with van der Waals surface area (Å²) in [7, 11) is 0. The second-order valence-electron chi connectivity index (χ2n) is 5.16. The number of hydrogen-bond donors (Lipinski definition) is 0. The molecule has 100 valence electrons. The monoisotopic (exact) mass is 292 g/mol. The van der Waals surface area contributed by atoms with E-state index in [0.717, 1.165) is 27.9 Å². The molecule has 0 N–H and O–H groups in total. The Morgan fingerprint density at radius 3 is 2.63 bits per heavy atom. The molecule has 4 heteroatoms. The van der Waals surface area contributed by atoms with E-state index in [1.54, 1.807) is 11.3 Å². The van der Waals surface area contributed by atoms with Gasteiger partial charge in [-0.1, -0.05) is 67.4 Å². The number of benzene rings is 1. The molecule has 0 bridgehead atoms. The Kier molecular flexibility index (Phi) is 4.14. The Bertz CT molecular complexity index is 520. The number of hydrogen-bond acceptors (Lipinski definition) is 3. The van der Waals surface area contributed by atoms with E-state index in [1.807, 2.05) is 30.3 Å². The number of halogens is 1. The highest BCUT2D eigenvalue weighted by Crippen LogP contribution is 2.33. The van der Waals surface area contributed by atoms with Crippen LogP contribution in [0.5, 0.6) is 0 Å². The molecule has 0 aliphatic heterocycles. The number of rotatable bonds is 4. The number of alkyl halides is 1. The van der Waals surface area contributed by atoms with E-state index >= 15 is 0 Å². The summed E-state index contributed by atoms with van der Waals surface area (Å²) in [6.07, 6.45) is 6.52. The van der Waals surface area contributed by atoms with Crippen LogP contribution in [0.2, 0.25) is 0 Å². The van der Waals surface area contributed by atoms with Crippen molar-refractivity contribution in [3.63, 3.8) is 0 Å². The van der Waals surface area contributed by atoms with E-state index in [1.165, 1.54) is 25.7 Å². The second-order valence-corrected chi connectivity index (χ2v) is 6.69. The number of nitrogens with zero attached hydrogens (tertiary/aromatic N) is 2. The average Bonchev–Trinajstić information content (AvgIpc) is 3.11. The van der Waals surface area contributed by atoms with Gasteiger partial charge in [-0.2, -0.15) is 0 Å². The Labute approximate surface area is 122 Å². The van der Waals surface area contributed by atoms with Crippen molar-refractivity contribution in [3.05, 3.63) is 45.9 Å². The van der Waals surface area contributed by atoms with E-state index in [4.69, 9.17) is 11.6 Å². The molecule has 2 aromatic rings. The molecular formula is C15H17ClN2S. The summed E-state index contributed by atoms with van der Waals surface area (Å²) < 4.78 is 0. The molecular weight excluding hydrogens is 276 g/mol. The Morgan fingerprint density at radius 2 is 1.89 bits per heavy atom. The zero-order valence-corrected chi connectivity index (χ0v) is 12.3. The highest BCUT2D eigenvalue weighted by atomic mass is 35.5. The molecule has 0 radical (unpaired) electrons. The fourth-order valence-corrected chi connectivity index (χ4v) is 3.96. The lowest BCUT2D eigenvalue weighted by Crippen LogP contribution is -1.97.